The van der Waals surface area contributed by atoms with Gasteiger partial charge in [-0.05, 0) is 31.4 Å². The van der Waals surface area contributed by atoms with Crippen molar-refractivity contribution < 1.29 is 0 Å². The molecule has 0 spiro atoms. The SMILES string of the molecule is NC[C@H]1CCCN(c2ncccn2)C1. The standard InChI is InChI=1S/C10H16N4/c11-7-9-3-1-6-14(8-9)10-12-4-2-5-13-10/h2,4-5,9H,1,3,6-8,11H2/t9-/m1/s1. The van der Waals surface area contributed by atoms with Crippen LogP contribution in [-0.4, -0.2) is 29.6 Å². The van der Waals surface area contributed by atoms with E-state index in [9.17, 15) is 0 Å². The van der Waals surface area contributed by atoms with Crippen LogP contribution >= 0.6 is 0 Å². The molecule has 0 unspecified atom stereocenters. The fourth-order valence-corrected chi connectivity index (χ4v) is 1.89. The van der Waals surface area contributed by atoms with Crippen LogP contribution in [0.4, 0.5) is 5.95 Å². The van der Waals surface area contributed by atoms with Crippen LogP contribution in [-0.2, 0) is 0 Å². The topological polar surface area (TPSA) is 55.0 Å². The first-order valence-corrected chi connectivity index (χ1v) is 5.12. The largest absolute Gasteiger partial charge is 0.341 e. The highest BCUT2D eigenvalue weighted by Crippen LogP contribution is 2.18. The maximum absolute atomic E-state index is 5.68. The van der Waals surface area contributed by atoms with Gasteiger partial charge in [0.05, 0.1) is 0 Å². The van der Waals surface area contributed by atoms with Gasteiger partial charge in [0.15, 0.2) is 0 Å². The van der Waals surface area contributed by atoms with Crippen molar-refractivity contribution in [1.29, 1.82) is 0 Å². The summed E-state index contributed by atoms with van der Waals surface area (Å²) in [4.78, 5) is 10.7. The van der Waals surface area contributed by atoms with Gasteiger partial charge in [0.2, 0.25) is 5.95 Å². The van der Waals surface area contributed by atoms with Gasteiger partial charge in [-0.15, -0.1) is 0 Å². The maximum Gasteiger partial charge on any atom is 0.225 e. The third kappa shape index (κ3) is 2.01. The maximum atomic E-state index is 5.68. The minimum Gasteiger partial charge on any atom is -0.341 e. The normalized spacial score (nSPS) is 22.4. The zero-order valence-electron chi connectivity index (χ0n) is 8.26. The first-order valence-electron chi connectivity index (χ1n) is 5.12. The van der Waals surface area contributed by atoms with Gasteiger partial charge in [-0.2, -0.15) is 0 Å². The smallest absolute Gasteiger partial charge is 0.225 e. The fourth-order valence-electron chi connectivity index (χ4n) is 1.89. The highest BCUT2D eigenvalue weighted by Gasteiger charge is 2.19. The Bertz CT molecular complexity index is 275. The summed E-state index contributed by atoms with van der Waals surface area (Å²) in [5.41, 5.74) is 5.68. The van der Waals surface area contributed by atoms with E-state index in [0.29, 0.717) is 5.92 Å². The van der Waals surface area contributed by atoms with Gasteiger partial charge < -0.3 is 10.6 Å². The second kappa shape index (κ2) is 4.37. The molecule has 76 valence electrons. The second-order valence-corrected chi connectivity index (χ2v) is 3.74. The van der Waals surface area contributed by atoms with E-state index in [0.717, 1.165) is 25.6 Å². The van der Waals surface area contributed by atoms with Crippen LogP contribution in [0.25, 0.3) is 0 Å². The van der Waals surface area contributed by atoms with E-state index in [2.05, 4.69) is 14.9 Å². The van der Waals surface area contributed by atoms with Crippen molar-refractivity contribution in [2.75, 3.05) is 24.5 Å². The van der Waals surface area contributed by atoms with E-state index in [1.807, 2.05) is 6.07 Å². The van der Waals surface area contributed by atoms with Crippen LogP contribution in [0, 0.1) is 5.92 Å². The lowest BCUT2D eigenvalue weighted by atomic mass is 9.99. The Morgan fingerprint density at radius 2 is 2.21 bits per heavy atom. The molecule has 0 aromatic carbocycles. The van der Waals surface area contributed by atoms with Crippen molar-refractivity contribution in [1.82, 2.24) is 9.97 Å². The number of aromatic nitrogens is 2. The molecule has 1 aliphatic rings. The van der Waals surface area contributed by atoms with Crippen LogP contribution in [0.2, 0.25) is 0 Å². The molecule has 0 amide bonds. The number of piperidine rings is 1. The first-order chi connectivity index (χ1) is 6.90. The predicted molar refractivity (Wildman–Crippen MR) is 56.0 cm³/mol. The third-order valence-electron chi connectivity index (χ3n) is 2.69. The Kier molecular flexibility index (Phi) is 2.93. The summed E-state index contributed by atoms with van der Waals surface area (Å²) in [6, 6.07) is 1.84. The molecule has 1 fully saturated rings. The number of nitrogens with zero attached hydrogens (tertiary/aromatic N) is 3. The van der Waals surface area contributed by atoms with E-state index in [1.54, 1.807) is 12.4 Å². The molecule has 4 nitrogen and oxygen atoms in total. The van der Waals surface area contributed by atoms with Crippen molar-refractivity contribution >= 4 is 5.95 Å². The van der Waals surface area contributed by atoms with E-state index >= 15 is 0 Å². The molecular weight excluding hydrogens is 176 g/mol. The van der Waals surface area contributed by atoms with Gasteiger partial charge in [-0.3, -0.25) is 0 Å². The average Bonchev–Trinajstić information content (AvgIpc) is 2.30. The number of hydrogen-bond donors (Lipinski definition) is 1. The van der Waals surface area contributed by atoms with Gasteiger partial charge in [0.1, 0.15) is 0 Å². The average molecular weight is 192 g/mol. The van der Waals surface area contributed by atoms with Crippen LogP contribution in [0.5, 0.6) is 0 Å². The lowest BCUT2D eigenvalue weighted by molar-refractivity contribution is 0.419. The predicted octanol–water partition coefficient (Wildman–Crippen LogP) is 0.652. The van der Waals surface area contributed by atoms with Gasteiger partial charge in [0, 0.05) is 25.5 Å². The van der Waals surface area contributed by atoms with E-state index in [4.69, 9.17) is 5.73 Å². The van der Waals surface area contributed by atoms with Crippen LogP contribution in [0.3, 0.4) is 0 Å². The monoisotopic (exact) mass is 192 g/mol. The number of nitrogens with two attached hydrogens (primary N) is 1. The summed E-state index contributed by atoms with van der Waals surface area (Å²) in [5, 5.41) is 0. The van der Waals surface area contributed by atoms with Crippen LogP contribution < -0.4 is 10.6 Å². The van der Waals surface area contributed by atoms with Gasteiger partial charge >= 0.3 is 0 Å². The summed E-state index contributed by atoms with van der Waals surface area (Å²) in [6.07, 6.45) is 6.00. The molecule has 0 saturated carbocycles. The third-order valence-corrected chi connectivity index (χ3v) is 2.69. The van der Waals surface area contributed by atoms with Gasteiger partial charge in [0.25, 0.3) is 0 Å². The molecule has 1 atom stereocenters. The molecule has 2 heterocycles. The summed E-state index contributed by atoms with van der Waals surface area (Å²) >= 11 is 0. The molecule has 1 aromatic heterocycles. The van der Waals surface area contributed by atoms with Crippen LogP contribution in [0.15, 0.2) is 18.5 Å². The summed E-state index contributed by atoms with van der Waals surface area (Å²) in [5.74, 6) is 1.44. The number of anilines is 1. The Morgan fingerprint density at radius 3 is 2.93 bits per heavy atom. The lowest BCUT2D eigenvalue weighted by Crippen LogP contribution is -2.39. The fraction of sp³-hybridized carbons (Fsp3) is 0.600. The van der Waals surface area contributed by atoms with Crippen molar-refractivity contribution in [3.63, 3.8) is 0 Å². The number of hydrogen-bond acceptors (Lipinski definition) is 4. The number of rotatable bonds is 2. The molecule has 14 heavy (non-hydrogen) atoms. The van der Waals surface area contributed by atoms with E-state index < -0.39 is 0 Å². The molecule has 1 aliphatic heterocycles. The molecule has 2 rings (SSSR count). The summed E-state index contributed by atoms with van der Waals surface area (Å²) in [7, 11) is 0. The van der Waals surface area contributed by atoms with Gasteiger partial charge in [-0.1, -0.05) is 0 Å². The molecule has 4 heteroatoms. The van der Waals surface area contributed by atoms with Gasteiger partial charge in [-0.25, -0.2) is 9.97 Å². The molecule has 0 bridgehead atoms. The lowest BCUT2D eigenvalue weighted by Gasteiger charge is -2.31. The zero-order valence-corrected chi connectivity index (χ0v) is 8.26. The Hall–Kier alpha value is -1.16. The molecule has 1 aromatic rings. The Morgan fingerprint density at radius 1 is 1.43 bits per heavy atom. The molecule has 0 aliphatic carbocycles. The Labute approximate surface area is 84.2 Å². The first kappa shape index (κ1) is 9.40. The van der Waals surface area contributed by atoms with E-state index in [1.165, 1.54) is 12.8 Å². The molecular formula is C10H16N4. The van der Waals surface area contributed by atoms with Crippen molar-refractivity contribution in [3.8, 4) is 0 Å². The van der Waals surface area contributed by atoms with Crippen molar-refractivity contribution in [2.45, 2.75) is 12.8 Å². The minimum atomic E-state index is 0.604. The van der Waals surface area contributed by atoms with Crippen LogP contribution in [0.1, 0.15) is 12.8 Å². The zero-order chi connectivity index (χ0) is 9.80. The highest BCUT2D eigenvalue weighted by molar-refractivity contribution is 5.29. The van der Waals surface area contributed by atoms with Crippen molar-refractivity contribution in [3.05, 3.63) is 18.5 Å². The minimum absolute atomic E-state index is 0.604. The molecule has 0 radical (unpaired) electrons. The molecule has 2 N–H and O–H groups in total. The summed E-state index contributed by atoms with van der Waals surface area (Å²) in [6.45, 7) is 2.82. The highest BCUT2D eigenvalue weighted by atomic mass is 15.2. The van der Waals surface area contributed by atoms with Crippen molar-refractivity contribution in [2.24, 2.45) is 11.7 Å². The molecule has 1 saturated heterocycles. The quantitative estimate of drug-likeness (QED) is 0.747. The Balaban J connectivity index is 2.04. The van der Waals surface area contributed by atoms with E-state index in [-0.39, 0.29) is 0 Å². The summed E-state index contributed by atoms with van der Waals surface area (Å²) < 4.78 is 0. The second-order valence-electron chi connectivity index (χ2n) is 3.74.